The average Bonchev–Trinajstić information content (AvgIpc) is 3.60. The summed E-state index contributed by atoms with van der Waals surface area (Å²) in [5, 5.41) is 6.19. The fraction of sp³-hybridized carbons (Fsp3) is 0.0233. The number of nitrogens with zero attached hydrogens (tertiary/aromatic N) is 1. The first-order valence-electron chi connectivity index (χ1n) is 15.5. The molecular weight excluding hydrogens is 544 g/mol. The van der Waals surface area contributed by atoms with E-state index in [-0.39, 0.29) is 0 Å². The molecule has 1 heterocycles. The zero-order chi connectivity index (χ0) is 29.8. The van der Waals surface area contributed by atoms with Crippen LogP contribution in [-0.2, 0) is 5.41 Å². The smallest absolute Gasteiger partial charge is 0.0714 e. The highest BCUT2D eigenvalue weighted by molar-refractivity contribution is 6.09. The minimum absolute atomic E-state index is 0.471. The second kappa shape index (κ2) is 10.1. The SMILES string of the molecule is c1ccc(Nc2cccc(C3(c4ccc(-n5c6ccccc6c6ccccc65)cc4)c4ccccc4-c4ccccc43)c2)cc1. The molecule has 0 saturated heterocycles. The fourth-order valence-corrected chi connectivity index (χ4v) is 7.60. The van der Waals surface area contributed by atoms with Crippen LogP contribution in [0.4, 0.5) is 11.4 Å². The summed E-state index contributed by atoms with van der Waals surface area (Å²) in [7, 11) is 0. The van der Waals surface area contributed by atoms with Crippen LogP contribution in [0.5, 0.6) is 0 Å². The van der Waals surface area contributed by atoms with E-state index >= 15 is 0 Å². The van der Waals surface area contributed by atoms with Crippen LogP contribution in [0.25, 0.3) is 38.6 Å². The number of aromatic nitrogens is 1. The van der Waals surface area contributed by atoms with E-state index in [1.807, 2.05) is 6.07 Å². The number of para-hydroxylation sites is 3. The van der Waals surface area contributed by atoms with Crippen molar-refractivity contribution in [3.05, 3.63) is 198 Å². The van der Waals surface area contributed by atoms with Gasteiger partial charge in [0.25, 0.3) is 0 Å². The largest absolute Gasteiger partial charge is 0.356 e. The van der Waals surface area contributed by atoms with E-state index in [1.54, 1.807) is 0 Å². The first-order chi connectivity index (χ1) is 22.3. The molecule has 2 nitrogen and oxygen atoms in total. The first kappa shape index (κ1) is 25.6. The molecule has 212 valence electrons. The van der Waals surface area contributed by atoms with Crippen LogP contribution in [0.3, 0.4) is 0 Å². The summed E-state index contributed by atoms with van der Waals surface area (Å²) in [4.78, 5) is 0. The molecule has 1 N–H and O–H groups in total. The van der Waals surface area contributed by atoms with Gasteiger partial charge in [-0.1, -0.05) is 127 Å². The summed E-state index contributed by atoms with van der Waals surface area (Å²) in [5.41, 5.74) is 13.0. The minimum atomic E-state index is -0.471. The molecule has 0 fully saturated rings. The Kier molecular flexibility index (Phi) is 5.76. The van der Waals surface area contributed by atoms with Crippen molar-refractivity contribution in [3.63, 3.8) is 0 Å². The Morgan fingerprint density at radius 1 is 0.400 bits per heavy atom. The van der Waals surface area contributed by atoms with Gasteiger partial charge in [0, 0.05) is 27.8 Å². The zero-order valence-electron chi connectivity index (χ0n) is 24.7. The van der Waals surface area contributed by atoms with E-state index in [4.69, 9.17) is 0 Å². The lowest BCUT2D eigenvalue weighted by atomic mass is 9.67. The predicted molar refractivity (Wildman–Crippen MR) is 188 cm³/mol. The van der Waals surface area contributed by atoms with Crippen LogP contribution in [0.15, 0.2) is 176 Å². The number of hydrogen-bond acceptors (Lipinski definition) is 1. The fourth-order valence-electron chi connectivity index (χ4n) is 7.60. The number of benzene rings is 7. The van der Waals surface area contributed by atoms with Gasteiger partial charge in [0.2, 0.25) is 0 Å². The summed E-state index contributed by atoms with van der Waals surface area (Å²) in [6.07, 6.45) is 0. The highest BCUT2D eigenvalue weighted by Crippen LogP contribution is 2.56. The second-order valence-electron chi connectivity index (χ2n) is 11.8. The van der Waals surface area contributed by atoms with Gasteiger partial charge in [-0.05, 0) is 81.9 Å². The average molecular weight is 575 g/mol. The lowest BCUT2D eigenvalue weighted by Crippen LogP contribution is -2.28. The molecule has 8 aromatic rings. The van der Waals surface area contributed by atoms with E-state index in [9.17, 15) is 0 Å². The number of hydrogen-bond donors (Lipinski definition) is 1. The predicted octanol–water partition coefficient (Wildman–Crippen LogP) is 10.9. The van der Waals surface area contributed by atoms with Gasteiger partial charge in [0.15, 0.2) is 0 Å². The quantitative estimate of drug-likeness (QED) is 0.216. The molecule has 1 aliphatic carbocycles. The van der Waals surface area contributed by atoms with E-state index in [0.717, 1.165) is 17.1 Å². The van der Waals surface area contributed by atoms with Crippen LogP contribution in [0.2, 0.25) is 0 Å². The molecule has 45 heavy (non-hydrogen) atoms. The topological polar surface area (TPSA) is 17.0 Å². The molecule has 2 heteroatoms. The molecule has 0 spiro atoms. The Labute approximate surface area is 262 Å². The van der Waals surface area contributed by atoms with Crippen molar-refractivity contribution in [2.75, 3.05) is 5.32 Å². The summed E-state index contributed by atoms with van der Waals surface area (Å²) >= 11 is 0. The van der Waals surface area contributed by atoms with Gasteiger partial charge >= 0.3 is 0 Å². The highest BCUT2D eigenvalue weighted by atomic mass is 15.0. The molecule has 0 aliphatic heterocycles. The summed E-state index contributed by atoms with van der Waals surface area (Å²) in [5.74, 6) is 0. The molecule has 9 rings (SSSR count). The van der Waals surface area contributed by atoms with Crippen LogP contribution < -0.4 is 5.32 Å². The summed E-state index contributed by atoms with van der Waals surface area (Å²) in [6, 6.07) is 63.9. The summed E-state index contributed by atoms with van der Waals surface area (Å²) < 4.78 is 2.39. The molecular formula is C43H30N2. The van der Waals surface area contributed by atoms with Crippen LogP contribution in [0, 0.1) is 0 Å². The Morgan fingerprint density at radius 2 is 0.933 bits per heavy atom. The van der Waals surface area contributed by atoms with E-state index in [1.165, 1.54) is 55.2 Å². The normalized spacial score (nSPS) is 13.1. The van der Waals surface area contributed by atoms with Crippen LogP contribution in [-0.4, -0.2) is 4.57 Å². The molecule has 0 bridgehead atoms. The van der Waals surface area contributed by atoms with E-state index in [2.05, 4.69) is 180 Å². The maximum atomic E-state index is 3.64. The number of anilines is 2. The maximum absolute atomic E-state index is 3.64. The molecule has 0 radical (unpaired) electrons. The Balaban J connectivity index is 1.27. The van der Waals surface area contributed by atoms with Crippen molar-refractivity contribution in [1.29, 1.82) is 0 Å². The Morgan fingerprint density at radius 3 is 1.58 bits per heavy atom. The molecule has 0 saturated carbocycles. The monoisotopic (exact) mass is 574 g/mol. The molecule has 0 amide bonds. The molecule has 7 aromatic carbocycles. The van der Waals surface area contributed by atoms with Gasteiger partial charge in [-0.25, -0.2) is 0 Å². The van der Waals surface area contributed by atoms with Crippen molar-refractivity contribution in [2.45, 2.75) is 5.41 Å². The van der Waals surface area contributed by atoms with Crippen LogP contribution in [0.1, 0.15) is 22.3 Å². The van der Waals surface area contributed by atoms with Gasteiger partial charge in [-0.3, -0.25) is 0 Å². The number of nitrogens with one attached hydrogen (secondary N) is 1. The minimum Gasteiger partial charge on any atom is -0.356 e. The van der Waals surface area contributed by atoms with Crippen molar-refractivity contribution in [1.82, 2.24) is 4.57 Å². The lowest BCUT2D eigenvalue weighted by molar-refractivity contribution is 0.768. The Bertz CT molecular complexity index is 2250. The van der Waals surface area contributed by atoms with Gasteiger partial charge < -0.3 is 9.88 Å². The van der Waals surface area contributed by atoms with Gasteiger partial charge in [0.05, 0.1) is 16.4 Å². The lowest BCUT2D eigenvalue weighted by Gasteiger charge is -2.34. The third-order valence-corrected chi connectivity index (χ3v) is 9.45. The number of rotatable bonds is 5. The van der Waals surface area contributed by atoms with Crippen molar-refractivity contribution >= 4 is 33.2 Å². The third kappa shape index (κ3) is 3.82. The number of fused-ring (bicyclic) bond motifs is 6. The van der Waals surface area contributed by atoms with Gasteiger partial charge in [-0.15, -0.1) is 0 Å². The molecule has 1 aliphatic rings. The molecule has 1 aromatic heterocycles. The van der Waals surface area contributed by atoms with Gasteiger partial charge in [0.1, 0.15) is 0 Å². The summed E-state index contributed by atoms with van der Waals surface area (Å²) in [6.45, 7) is 0. The molecule has 0 unspecified atom stereocenters. The highest BCUT2D eigenvalue weighted by Gasteiger charge is 2.46. The first-order valence-corrected chi connectivity index (χ1v) is 15.5. The Hall–Kier alpha value is -5.86. The van der Waals surface area contributed by atoms with Crippen molar-refractivity contribution < 1.29 is 0 Å². The molecule has 0 atom stereocenters. The zero-order valence-corrected chi connectivity index (χ0v) is 24.7. The van der Waals surface area contributed by atoms with Gasteiger partial charge in [-0.2, -0.15) is 0 Å². The van der Waals surface area contributed by atoms with Crippen molar-refractivity contribution in [3.8, 4) is 16.8 Å². The van der Waals surface area contributed by atoms with E-state index < -0.39 is 5.41 Å². The second-order valence-corrected chi connectivity index (χ2v) is 11.8. The van der Waals surface area contributed by atoms with Crippen LogP contribution >= 0.6 is 0 Å². The third-order valence-electron chi connectivity index (χ3n) is 9.45. The maximum Gasteiger partial charge on any atom is 0.0714 e. The standard InChI is InChI=1S/C43H30N2/c1-2-14-32(15-3-1)44-33-16-12-13-31(29-33)43(39-21-8-4-17-35(39)36-18-5-9-22-40(36)43)30-25-27-34(28-26-30)45-41-23-10-6-19-37(41)38-20-7-11-24-42(38)45/h1-29,44H. The van der Waals surface area contributed by atoms with E-state index in [0.29, 0.717) is 0 Å². The van der Waals surface area contributed by atoms with Crippen molar-refractivity contribution in [2.24, 2.45) is 0 Å².